The molecule has 1 aromatic rings. The quantitative estimate of drug-likeness (QED) is 0.634. The predicted octanol–water partition coefficient (Wildman–Crippen LogP) is 2.34. The highest BCUT2D eigenvalue weighted by Gasteiger charge is 2.34. The van der Waals surface area contributed by atoms with Crippen LogP contribution in [0.3, 0.4) is 0 Å². The molecule has 0 spiro atoms. The Hall–Kier alpha value is -1.58. The summed E-state index contributed by atoms with van der Waals surface area (Å²) in [6, 6.07) is 7.33. The van der Waals surface area contributed by atoms with E-state index in [1.54, 1.807) is 34.9 Å². The Morgan fingerprint density at radius 2 is 1.68 bits per heavy atom. The van der Waals surface area contributed by atoms with Gasteiger partial charge in [-0.1, -0.05) is 18.2 Å². The second kappa shape index (κ2) is 11.3. The summed E-state index contributed by atoms with van der Waals surface area (Å²) >= 11 is 1.58. The number of benzene rings is 1. The molecule has 1 atom stereocenters. The summed E-state index contributed by atoms with van der Waals surface area (Å²) in [5.74, 6) is 0.665. The average Bonchev–Trinajstić information content (AvgIpc) is 2.82. The van der Waals surface area contributed by atoms with Crippen molar-refractivity contribution in [3.05, 3.63) is 30.3 Å². The third-order valence-corrected chi connectivity index (χ3v) is 8.21. The average molecular weight is 468 g/mol. The van der Waals surface area contributed by atoms with Crippen molar-refractivity contribution in [3.63, 3.8) is 0 Å². The number of hydrogen-bond acceptors (Lipinski definition) is 5. The molecule has 2 amide bonds. The zero-order valence-electron chi connectivity index (χ0n) is 18.2. The highest BCUT2D eigenvalue weighted by molar-refractivity contribution is 7.98. The number of hydrogen-bond donors (Lipinski definition) is 1. The third kappa shape index (κ3) is 6.46. The fourth-order valence-electron chi connectivity index (χ4n) is 4.26. The molecule has 0 bridgehead atoms. The minimum absolute atomic E-state index is 0.0344. The van der Waals surface area contributed by atoms with E-state index in [1.807, 2.05) is 11.2 Å². The van der Waals surface area contributed by atoms with E-state index in [0.29, 0.717) is 38.1 Å². The van der Waals surface area contributed by atoms with E-state index >= 15 is 0 Å². The molecule has 7 nitrogen and oxygen atoms in total. The third-order valence-electron chi connectivity index (χ3n) is 6.08. The van der Waals surface area contributed by atoms with Gasteiger partial charge in [0.05, 0.1) is 4.90 Å². The van der Waals surface area contributed by atoms with E-state index in [0.717, 1.165) is 25.9 Å². The second-order valence-electron chi connectivity index (χ2n) is 8.25. The molecule has 0 aliphatic carbocycles. The van der Waals surface area contributed by atoms with Gasteiger partial charge in [-0.2, -0.15) is 16.5 Å². The van der Waals surface area contributed by atoms with Gasteiger partial charge in [-0.25, -0.2) is 8.42 Å². The normalized spacial score (nSPS) is 19.3. The zero-order valence-corrected chi connectivity index (χ0v) is 19.8. The highest BCUT2D eigenvalue weighted by atomic mass is 32.2. The van der Waals surface area contributed by atoms with E-state index in [-0.39, 0.29) is 22.6 Å². The molecule has 0 aromatic heterocycles. The number of amides is 2. The minimum Gasteiger partial charge on any atom is -0.342 e. The maximum Gasteiger partial charge on any atom is 0.241 e. The molecule has 1 unspecified atom stereocenters. The summed E-state index contributed by atoms with van der Waals surface area (Å²) in [4.78, 5) is 29.8. The molecule has 0 saturated carbocycles. The first kappa shape index (κ1) is 24.1. The molecule has 1 aromatic carbocycles. The van der Waals surface area contributed by atoms with Crippen LogP contribution in [0, 0.1) is 5.92 Å². The largest absolute Gasteiger partial charge is 0.342 e. The molecule has 0 radical (unpaired) electrons. The summed E-state index contributed by atoms with van der Waals surface area (Å²) in [7, 11) is -3.78. The SMILES string of the molecule is CSCCC(NS(=O)(=O)c1ccccc1)C(=O)N1CCC(C(=O)N2CCCCC2)CC1. The number of thioether (sulfide) groups is 1. The Morgan fingerprint density at radius 1 is 1.03 bits per heavy atom. The first-order valence-corrected chi connectivity index (χ1v) is 13.9. The lowest BCUT2D eigenvalue weighted by atomic mass is 9.94. The first-order chi connectivity index (χ1) is 14.9. The second-order valence-corrected chi connectivity index (χ2v) is 11.0. The number of nitrogens with one attached hydrogen (secondary N) is 1. The van der Waals surface area contributed by atoms with Gasteiger partial charge in [0.2, 0.25) is 21.8 Å². The molecule has 9 heteroatoms. The first-order valence-electron chi connectivity index (χ1n) is 11.1. The van der Waals surface area contributed by atoms with Crippen LogP contribution in [0.5, 0.6) is 0 Å². The lowest BCUT2D eigenvalue weighted by Gasteiger charge is -2.36. The van der Waals surface area contributed by atoms with Crippen LogP contribution < -0.4 is 4.72 Å². The maximum atomic E-state index is 13.2. The number of carbonyl (C=O) groups excluding carboxylic acids is 2. The Balaban J connectivity index is 1.61. The lowest BCUT2D eigenvalue weighted by molar-refractivity contribution is -0.142. The monoisotopic (exact) mass is 467 g/mol. The van der Waals surface area contributed by atoms with Crippen LogP contribution in [0.25, 0.3) is 0 Å². The van der Waals surface area contributed by atoms with E-state index in [4.69, 9.17) is 0 Å². The topological polar surface area (TPSA) is 86.8 Å². The van der Waals surface area contributed by atoms with Crippen LogP contribution in [0.1, 0.15) is 38.5 Å². The van der Waals surface area contributed by atoms with E-state index in [1.165, 1.54) is 18.6 Å². The van der Waals surface area contributed by atoms with Crippen molar-refractivity contribution in [3.8, 4) is 0 Å². The zero-order chi connectivity index (χ0) is 22.3. The maximum absolute atomic E-state index is 13.2. The van der Waals surface area contributed by atoms with Gasteiger partial charge in [0.1, 0.15) is 6.04 Å². The molecule has 2 aliphatic heterocycles. The smallest absolute Gasteiger partial charge is 0.241 e. The number of sulfonamides is 1. The van der Waals surface area contributed by atoms with Gasteiger partial charge in [0.15, 0.2) is 0 Å². The molecule has 2 heterocycles. The molecule has 2 saturated heterocycles. The molecule has 1 N–H and O–H groups in total. The summed E-state index contributed by atoms with van der Waals surface area (Å²) in [6.45, 7) is 2.67. The lowest BCUT2D eigenvalue weighted by Crippen LogP contribution is -2.52. The van der Waals surface area contributed by atoms with Crippen molar-refractivity contribution in [2.75, 3.05) is 38.2 Å². The Kier molecular flexibility index (Phi) is 8.80. The van der Waals surface area contributed by atoms with Crippen molar-refractivity contribution in [2.45, 2.75) is 49.5 Å². The van der Waals surface area contributed by atoms with Crippen LogP contribution >= 0.6 is 11.8 Å². The van der Waals surface area contributed by atoms with Crippen molar-refractivity contribution < 1.29 is 18.0 Å². The number of likely N-dealkylation sites (tertiary alicyclic amines) is 2. The molecule has 2 fully saturated rings. The van der Waals surface area contributed by atoms with Crippen LogP contribution in [-0.2, 0) is 19.6 Å². The standard InChI is InChI=1S/C22H33N3O4S2/c1-30-17-12-20(23-31(28,29)19-8-4-2-5-9-19)22(27)25-15-10-18(11-16-25)21(26)24-13-6-3-7-14-24/h2,4-5,8-9,18,20,23H,3,6-7,10-17H2,1H3. The molecule has 31 heavy (non-hydrogen) atoms. The van der Waals surface area contributed by atoms with Crippen LogP contribution in [0.15, 0.2) is 35.2 Å². The Bertz CT molecular complexity index is 834. The fraction of sp³-hybridized carbons (Fsp3) is 0.636. The number of piperidine rings is 2. The van der Waals surface area contributed by atoms with Crippen LogP contribution in [0.2, 0.25) is 0 Å². The van der Waals surface area contributed by atoms with Gasteiger partial charge in [-0.15, -0.1) is 0 Å². The van der Waals surface area contributed by atoms with E-state index in [9.17, 15) is 18.0 Å². The van der Waals surface area contributed by atoms with Gasteiger partial charge >= 0.3 is 0 Å². The summed E-state index contributed by atoms with van der Waals surface area (Å²) in [6.07, 6.45) is 6.98. The summed E-state index contributed by atoms with van der Waals surface area (Å²) < 4.78 is 28.2. The highest BCUT2D eigenvalue weighted by Crippen LogP contribution is 2.23. The van der Waals surface area contributed by atoms with Crippen LogP contribution in [-0.4, -0.2) is 74.3 Å². The van der Waals surface area contributed by atoms with Crippen molar-refractivity contribution in [1.29, 1.82) is 0 Å². The van der Waals surface area contributed by atoms with Crippen molar-refractivity contribution in [1.82, 2.24) is 14.5 Å². The minimum atomic E-state index is -3.78. The Labute approximate surface area is 190 Å². The summed E-state index contributed by atoms with van der Waals surface area (Å²) in [5, 5.41) is 0. The van der Waals surface area contributed by atoms with Crippen LogP contribution in [0.4, 0.5) is 0 Å². The summed E-state index contributed by atoms with van der Waals surface area (Å²) in [5.41, 5.74) is 0. The number of carbonyl (C=O) groups is 2. The molecular weight excluding hydrogens is 434 g/mol. The fourth-order valence-corrected chi connectivity index (χ4v) is 5.98. The van der Waals surface area contributed by atoms with Crippen molar-refractivity contribution in [2.24, 2.45) is 5.92 Å². The van der Waals surface area contributed by atoms with Gasteiger partial charge in [0.25, 0.3) is 0 Å². The molecular formula is C22H33N3O4S2. The predicted molar refractivity (Wildman–Crippen MR) is 123 cm³/mol. The number of rotatable bonds is 8. The van der Waals surface area contributed by atoms with Crippen molar-refractivity contribution >= 4 is 33.6 Å². The van der Waals surface area contributed by atoms with E-state index in [2.05, 4.69) is 4.72 Å². The van der Waals surface area contributed by atoms with Gasteiger partial charge in [-0.3, -0.25) is 9.59 Å². The Morgan fingerprint density at radius 3 is 2.29 bits per heavy atom. The van der Waals surface area contributed by atoms with Gasteiger partial charge < -0.3 is 9.80 Å². The van der Waals surface area contributed by atoms with E-state index < -0.39 is 16.1 Å². The van der Waals surface area contributed by atoms with Gasteiger partial charge in [0, 0.05) is 32.1 Å². The molecule has 3 rings (SSSR count). The number of nitrogens with zero attached hydrogens (tertiary/aromatic N) is 2. The molecule has 2 aliphatic rings. The molecule has 172 valence electrons. The van der Waals surface area contributed by atoms with Gasteiger partial charge in [-0.05, 0) is 62.7 Å².